The lowest BCUT2D eigenvalue weighted by molar-refractivity contribution is 0.237. The Balaban J connectivity index is 1.64. The summed E-state index contributed by atoms with van der Waals surface area (Å²) in [6.07, 6.45) is 5.54. The van der Waals surface area contributed by atoms with Gasteiger partial charge in [0, 0.05) is 25.8 Å². The Labute approximate surface area is 143 Å². The first-order chi connectivity index (χ1) is 11.8. The van der Waals surface area contributed by atoms with Gasteiger partial charge in [0.05, 0.1) is 0 Å². The molecule has 0 unspecified atom stereocenters. The first kappa shape index (κ1) is 16.5. The molecule has 6 heteroatoms. The molecule has 0 amide bonds. The van der Waals surface area contributed by atoms with Crippen molar-refractivity contribution in [3.8, 4) is 0 Å². The van der Waals surface area contributed by atoms with Gasteiger partial charge >= 0.3 is 0 Å². The summed E-state index contributed by atoms with van der Waals surface area (Å²) in [6.45, 7) is 4.26. The molecule has 3 N–H and O–H groups in total. The highest BCUT2D eigenvalue weighted by Gasteiger charge is 2.14. The molecule has 0 bridgehead atoms. The number of likely N-dealkylation sites (tertiary alicyclic amines) is 1. The van der Waals surface area contributed by atoms with Crippen LogP contribution in [-0.4, -0.2) is 48.1 Å². The van der Waals surface area contributed by atoms with E-state index >= 15 is 0 Å². The van der Waals surface area contributed by atoms with Crippen LogP contribution in [0, 0.1) is 0 Å². The molecule has 1 aliphatic heterocycles. The summed E-state index contributed by atoms with van der Waals surface area (Å²) in [5, 5.41) is 3.36. The number of anilines is 4. The van der Waals surface area contributed by atoms with Gasteiger partial charge in [0.25, 0.3) is 0 Å². The number of aromatic nitrogens is 2. The minimum absolute atomic E-state index is 0.586. The zero-order valence-corrected chi connectivity index (χ0v) is 14.3. The summed E-state index contributed by atoms with van der Waals surface area (Å²) in [4.78, 5) is 13.1. The number of para-hydroxylation sites is 1. The number of nitrogens with one attached hydrogen (secondary N) is 1. The molecular formula is C18H26N6. The van der Waals surface area contributed by atoms with E-state index in [-0.39, 0.29) is 0 Å². The fourth-order valence-corrected chi connectivity index (χ4v) is 3.08. The van der Waals surface area contributed by atoms with E-state index < -0.39 is 0 Å². The van der Waals surface area contributed by atoms with Gasteiger partial charge in [-0.15, -0.1) is 0 Å². The van der Waals surface area contributed by atoms with E-state index in [0.29, 0.717) is 11.5 Å². The number of nitrogens with zero attached hydrogens (tertiary/aromatic N) is 4. The number of hydrogen-bond acceptors (Lipinski definition) is 6. The molecule has 2 aromatic rings. The van der Waals surface area contributed by atoms with Crippen molar-refractivity contribution in [3.63, 3.8) is 0 Å². The van der Waals surface area contributed by atoms with Crippen LogP contribution in [0.2, 0.25) is 0 Å². The quantitative estimate of drug-likeness (QED) is 0.850. The molecule has 1 aromatic heterocycles. The second-order valence-electron chi connectivity index (χ2n) is 6.18. The van der Waals surface area contributed by atoms with Gasteiger partial charge in [-0.2, -0.15) is 0 Å². The zero-order valence-electron chi connectivity index (χ0n) is 14.3. The van der Waals surface area contributed by atoms with E-state index in [1.807, 2.05) is 42.3 Å². The molecule has 128 valence electrons. The van der Waals surface area contributed by atoms with Crippen molar-refractivity contribution in [3.05, 3.63) is 36.7 Å². The first-order valence-electron chi connectivity index (χ1n) is 8.61. The van der Waals surface area contributed by atoms with Crippen LogP contribution >= 0.6 is 0 Å². The maximum absolute atomic E-state index is 6.30. The monoisotopic (exact) mass is 326 g/mol. The van der Waals surface area contributed by atoms with E-state index in [1.54, 1.807) is 6.33 Å². The Kier molecular flexibility index (Phi) is 5.48. The number of benzene rings is 1. The van der Waals surface area contributed by atoms with Crippen LogP contribution in [0.1, 0.15) is 19.3 Å². The van der Waals surface area contributed by atoms with Crippen molar-refractivity contribution >= 4 is 23.0 Å². The van der Waals surface area contributed by atoms with Crippen molar-refractivity contribution in [1.29, 1.82) is 0 Å². The lowest BCUT2D eigenvalue weighted by atomic mass is 10.1. The smallest absolute Gasteiger partial charge is 0.161 e. The number of rotatable bonds is 6. The Morgan fingerprint density at radius 3 is 2.62 bits per heavy atom. The zero-order chi connectivity index (χ0) is 16.8. The van der Waals surface area contributed by atoms with Crippen molar-refractivity contribution in [2.24, 2.45) is 0 Å². The molecular weight excluding hydrogens is 300 g/mol. The average molecular weight is 326 g/mol. The van der Waals surface area contributed by atoms with Crippen molar-refractivity contribution in [1.82, 2.24) is 14.9 Å². The Morgan fingerprint density at radius 1 is 1.12 bits per heavy atom. The third-order valence-electron chi connectivity index (χ3n) is 4.49. The van der Waals surface area contributed by atoms with Gasteiger partial charge in [-0.25, -0.2) is 9.97 Å². The lowest BCUT2D eigenvalue weighted by Gasteiger charge is -2.26. The molecule has 1 aliphatic rings. The number of nitrogens with two attached hydrogens (primary N) is 1. The van der Waals surface area contributed by atoms with Crippen molar-refractivity contribution in [2.75, 3.05) is 49.2 Å². The Hall–Kier alpha value is -2.34. The third kappa shape index (κ3) is 3.94. The standard InChI is InChI=1S/C18H26N6/c1-23(15-8-4-2-5-9-15)18-16(19)17(21-14-22-18)20-10-13-24-11-6-3-7-12-24/h2,4-5,8-9,14H,3,6-7,10-13,19H2,1H3,(H,20,21,22). The van der Waals surface area contributed by atoms with Gasteiger partial charge in [-0.1, -0.05) is 24.6 Å². The largest absolute Gasteiger partial charge is 0.393 e. The van der Waals surface area contributed by atoms with Crippen LogP contribution in [0.4, 0.5) is 23.0 Å². The summed E-state index contributed by atoms with van der Waals surface area (Å²) in [5.74, 6) is 1.43. The third-order valence-corrected chi connectivity index (χ3v) is 4.49. The van der Waals surface area contributed by atoms with E-state index in [4.69, 9.17) is 5.73 Å². The van der Waals surface area contributed by atoms with Crippen LogP contribution in [0.3, 0.4) is 0 Å². The molecule has 1 fully saturated rings. The highest BCUT2D eigenvalue weighted by atomic mass is 15.2. The summed E-state index contributed by atoms with van der Waals surface area (Å²) in [5.41, 5.74) is 7.93. The Bertz CT molecular complexity index is 639. The van der Waals surface area contributed by atoms with Crippen molar-refractivity contribution in [2.45, 2.75) is 19.3 Å². The molecule has 0 radical (unpaired) electrons. The van der Waals surface area contributed by atoms with Gasteiger partial charge in [0.15, 0.2) is 11.6 Å². The molecule has 0 spiro atoms. The van der Waals surface area contributed by atoms with Gasteiger partial charge in [-0.05, 0) is 38.1 Å². The molecule has 6 nitrogen and oxygen atoms in total. The van der Waals surface area contributed by atoms with Crippen LogP contribution in [0.25, 0.3) is 0 Å². The molecule has 2 heterocycles. The van der Waals surface area contributed by atoms with E-state index in [9.17, 15) is 0 Å². The lowest BCUT2D eigenvalue weighted by Crippen LogP contribution is -2.33. The predicted octanol–water partition coefficient (Wildman–Crippen LogP) is 2.72. The topological polar surface area (TPSA) is 70.3 Å². The molecule has 0 atom stereocenters. The Morgan fingerprint density at radius 2 is 1.88 bits per heavy atom. The molecule has 3 rings (SSSR count). The summed E-state index contributed by atoms with van der Waals surface area (Å²) >= 11 is 0. The van der Waals surface area contributed by atoms with E-state index in [0.717, 1.165) is 24.6 Å². The van der Waals surface area contributed by atoms with Gasteiger partial charge < -0.3 is 20.9 Å². The van der Waals surface area contributed by atoms with Crippen LogP contribution in [0.15, 0.2) is 36.7 Å². The molecule has 1 saturated heterocycles. The van der Waals surface area contributed by atoms with E-state index in [2.05, 4.69) is 20.2 Å². The molecule has 0 saturated carbocycles. The number of nitrogen functional groups attached to an aromatic ring is 1. The minimum atomic E-state index is 0.586. The highest BCUT2D eigenvalue weighted by molar-refractivity contribution is 5.78. The molecule has 0 aliphatic carbocycles. The first-order valence-corrected chi connectivity index (χ1v) is 8.61. The summed E-state index contributed by atoms with van der Waals surface area (Å²) in [7, 11) is 1.96. The minimum Gasteiger partial charge on any atom is -0.393 e. The maximum atomic E-state index is 6.30. The highest BCUT2D eigenvalue weighted by Crippen LogP contribution is 2.30. The van der Waals surface area contributed by atoms with Gasteiger partial charge in [-0.3, -0.25) is 0 Å². The normalized spacial score (nSPS) is 15.2. The fraction of sp³-hybridized carbons (Fsp3) is 0.444. The second-order valence-corrected chi connectivity index (χ2v) is 6.18. The summed E-state index contributed by atoms with van der Waals surface area (Å²) in [6, 6.07) is 10.1. The average Bonchev–Trinajstić information content (AvgIpc) is 2.64. The van der Waals surface area contributed by atoms with Crippen LogP contribution < -0.4 is 16.0 Å². The number of hydrogen-bond donors (Lipinski definition) is 2. The van der Waals surface area contributed by atoms with Gasteiger partial charge in [0.2, 0.25) is 0 Å². The molecule has 24 heavy (non-hydrogen) atoms. The van der Waals surface area contributed by atoms with E-state index in [1.165, 1.54) is 32.4 Å². The van der Waals surface area contributed by atoms with Crippen molar-refractivity contribution < 1.29 is 0 Å². The summed E-state index contributed by atoms with van der Waals surface area (Å²) < 4.78 is 0. The van der Waals surface area contributed by atoms with Gasteiger partial charge in [0.1, 0.15) is 12.0 Å². The predicted molar refractivity (Wildman–Crippen MR) is 99.7 cm³/mol. The second kappa shape index (κ2) is 7.97. The van der Waals surface area contributed by atoms with Crippen LogP contribution in [-0.2, 0) is 0 Å². The molecule has 1 aromatic carbocycles. The maximum Gasteiger partial charge on any atom is 0.161 e. The van der Waals surface area contributed by atoms with Crippen LogP contribution in [0.5, 0.6) is 0 Å². The SMILES string of the molecule is CN(c1ccccc1)c1ncnc(NCCN2CCCCC2)c1N. The fourth-order valence-electron chi connectivity index (χ4n) is 3.08. The number of piperidine rings is 1.